The second-order valence-corrected chi connectivity index (χ2v) is 11.4. The van der Waals surface area contributed by atoms with Crippen molar-refractivity contribution in [2.24, 2.45) is 0 Å². The van der Waals surface area contributed by atoms with E-state index < -0.39 is 0 Å². The smallest absolute Gasteiger partial charge is 0.260 e. The lowest BCUT2D eigenvalue weighted by Crippen LogP contribution is -2.57. The Hall–Kier alpha value is -5.42. The number of hydrogen-bond acceptors (Lipinski definition) is 4. The van der Waals surface area contributed by atoms with Gasteiger partial charge < -0.3 is 18.8 Å². The molecule has 3 heterocycles. The van der Waals surface area contributed by atoms with Crippen LogP contribution in [0.2, 0.25) is 0 Å². The summed E-state index contributed by atoms with van der Waals surface area (Å²) < 4.78 is 19.8. The number of nitrogens with zero attached hydrogens (tertiary/aromatic N) is 1. The van der Waals surface area contributed by atoms with E-state index in [1.165, 1.54) is 0 Å². The SMILES string of the molecule is Cc1cc(C)c2c3c1Oc1ccccc1B3c1cc3oc4cc(N(c5ccccc5)c5ccccc5)ccc4c3cc1O2. The number of ether oxygens (including phenoxy) is 2. The van der Waals surface area contributed by atoms with Gasteiger partial charge in [0, 0.05) is 39.4 Å². The highest BCUT2D eigenvalue weighted by Crippen LogP contribution is 2.42. The first kappa shape index (κ1) is 24.2. The minimum Gasteiger partial charge on any atom is -0.458 e. The Morgan fingerprint density at radius 3 is 1.86 bits per heavy atom. The van der Waals surface area contributed by atoms with Crippen molar-refractivity contribution in [3.63, 3.8) is 0 Å². The van der Waals surface area contributed by atoms with E-state index in [1.54, 1.807) is 0 Å². The molecule has 0 fully saturated rings. The molecule has 2 aliphatic rings. The van der Waals surface area contributed by atoms with Gasteiger partial charge in [-0.15, -0.1) is 0 Å². The average molecular weight is 555 g/mol. The van der Waals surface area contributed by atoms with Gasteiger partial charge in [0.2, 0.25) is 0 Å². The quantitative estimate of drug-likeness (QED) is 0.205. The Labute approximate surface area is 249 Å². The van der Waals surface area contributed by atoms with Crippen molar-refractivity contribution in [1.82, 2.24) is 0 Å². The molecule has 5 heteroatoms. The zero-order valence-corrected chi connectivity index (χ0v) is 23.8. The first-order chi connectivity index (χ1) is 21.1. The number of fused-ring (bicyclic) bond motifs is 7. The molecule has 0 radical (unpaired) electrons. The Morgan fingerprint density at radius 2 is 1.14 bits per heavy atom. The van der Waals surface area contributed by atoms with E-state index >= 15 is 0 Å². The van der Waals surface area contributed by atoms with E-state index in [4.69, 9.17) is 13.9 Å². The van der Waals surface area contributed by atoms with Gasteiger partial charge in [0.05, 0.1) is 0 Å². The molecule has 9 rings (SSSR count). The third-order valence-electron chi connectivity index (χ3n) is 8.77. The molecule has 7 aromatic rings. The highest BCUT2D eigenvalue weighted by molar-refractivity contribution is 6.98. The van der Waals surface area contributed by atoms with Crippen LogP contribution in [-0.2, 0) is 0 Å². The topological polar surface area (TPSA) is 34.8 Å². The highest BCUT2D eigenvalue weighted by atomic mass is 16.5. The molecule has 2 aliphatic heterocycles. The summed E-state index contributed by atoms with van der Waals surface area (Å²) >= 11 is 0. The number of anilines is 3. The summed E-state index contributed by atoms with van der Waals surface area (Å²) in [5, 5.41) is 2.10. The van der Waals surface area contributed by atoms with Gasteiger partial charge >= 0.3 is 0 Å². The number of rotatable bonds is 3. The fraction of sp³-hybridized carbons (Fsp3) is 0.0526. The Balaban J connectivity index is 1.24. The van der Waals surface area contributed by atoms with Crippen molar-refractivity contribution in [2.45, 2.75) is 13.8 Å². The van der Waals surface area contributed by atoms with E-state index in [-0.39, 0.29) is 6.71 Å². The number of hydrogen-bond donors (Lipinski definition) is 0. The summed E-state index contributed by atoms with van der Waals surface area (Å²) in [6.07, 6.45) is 0. The second kappa shape index (κ2) is 9.04. The number of para-hydroxylation sites is 3. The largest absolute Gasteiger partial charge is 0.458 e. The average Bonchev–Trinajstić information content (AvgIpc) is 3.40. The molecular weight excluding hydrogens is 529 g/mol. The fourth-order valence-corrected chi connectivity index (χ4v) is 6.89. The van der Waals surface area contributed by atoms with Crippen molar-refractivity contribution in [1.29, 1.82) is 0 Å². The van der Waals surface area contributed by atoms with Gasteiger partial charge in [-0.25, -0.2) is 0 Å². The van der Waals surface area contributed by atoms with E-state index in [1.807, 2.05) is 18.2 Å². The van der Waals surface area contributed by atoms with Crippen LogP contribution in [0.15, 0.2) is 126 Å². The van der Waals surface area contributed by atoms with Crippen LogP contribution in [0, 0.1) is 13.8 Å². The molecule has 0 atom stereocenters. The van der Waals surface area contributed by atoms with Crippen LogP contribution in [0.4, 0.5) is 17.1 Å². The number of aryl methyl sites for hydroxylation is 2. The second-order valence-electron chi connectivity index (χ2n) is 11.4. The minimum absolute atomic E-state index is 0.00266. The summed E-state index contributed by atoms with van der Waals surface area (Å²) in [6.45, 7) is 4.22. The summed E-state index contributed by atoms with van der Waals surface area (Å²) in [5.74, 6) is 3.54. The molecule has 0 bridgehead atoms. The normalized spacial score (nSPS) is 12.7. The van der Waals surface area contributed by atoms with Gasteiger partial charge in [-0.3, -0.25) is 0 Å². The predicted molar refractivity (Wildman–Crippen MR) is 176 cm³/mol. The maximum atomic E-state index is 6.70. The number of furan rings is 1. The van der Waals surface area contributed by atoms with Gasteiger partial charge in [0.25, 0.3) is 6.71 Å². The standard InChI is InChI=1S/C38H26BNO3/c1-23-19-24(2)38-36-37(23)42-32-16-10-9-15-30(32)39(36)31-22-34-29(21-35(31)43-38)28-18-17-27(20-33(28)41-34)40(25-11-5-3-6-12-25)26-13-7-4-8-14-26/h3-22H,1-2H3. The molecule has 0 N–H and O–H groups in total. The molecule has 0 amide bonds. The first-order valence-electron chi connectivity index (χ1n) is 14.6. The molecule has 4 nitrogen and oxygen atoms in total. The minimum atomic E-state index is -0.00266. The molecule has 0 aliphatic carbocycles. The molecule has 0 saturated carbocycles. The third kappa shape index (κ3) is 3.58. The van der Waals surface area contributed by atoms with Crippen LogP contribution in [0.3, 0.4) is 0 Å². The molecule has 6 aromatic carbocycles. The first-order valence-corrected chi connectivity index (χ1v) is 14.6. The lowest BCUT2D eigenvalue weighted by molar-refractivity contribution is 0.460. The van der Waals surface area contributed by atoms with E-state index in [0.29, 0.717) is 0 Å². The highest BCUT2D eigenvalue weighted by Gasteiger charge is 2.41. The fourth-order valence-electron chi connectivity index (χ4n) is 6.89. The molecule has 0 unspecified atom stereocenters. The van der Waals surface area contributed by atoms with Crippen LogP contribution >= 0.6 is 0 Å². The van der Waals surface area contributed by atoms with E-state index in [9.17, 15) is 0 Å². The van der Waals surface area contributed by atoms with Crippen molar-refractivity contribution in [3.05, 3.63) is 132 Å². The van der Waals surface area contributed by atoms with E-state index in [2.05, 4.69) is 122 Å². The molecule has 204 valence electrons. The predicted octanol–water partition coefficient (Wildman–Crippen LogP) is 8.40. The van der Waals surface area contributed by atoms with Crippen molar-refractivity contribution in [3.8, 4) is 23.0 Å². The third-order valence-corrected chi connectivity index (χ3v) is 8.77. The van der Waals surface area contributed by atoms with Crippen LogP contribution in [0.1, 0.15) is 11.1 Å². The number of benzene rings is 6. The maximum absolute atomic E-state index is 6.70. The van der Waals surface area contributed by atoms with Crippen molar-refractivity contribution >= 4 is 62.1 Å². The van der Waals surface area contributed by atoms with E-state index in [0.717, 1.165) is 89.5 Å². The van der Waals surface area contributed by atoms with Crippen LogP contribution in [0.25, 0.3) is 21.9 Å². The van der Waals surface area contributed by atoms with Gasteiger partial charge in [0.1, 0.15) is 34.2 Å². The van der Waals surface area contributed by atoms with Crippen LogP contribution in [-0.4, -0.2) is 6.71 Å². The zero-order valence-electron chi connectivity index (χ0n) is 23.8. The summed E-state index contributed by atoms with van der Waals surface area (Å²) in [5.41, 5.74) is 10.5. The Kier molecular flexibility index (Phi) is 5.09. The van der Waals surface area contributed by atoms with Gasteiger partial charge in [-0.2, -0.15) is 0 Å². The lowest BCUT2D eigenvalue weighted by Gasteiger charge is -2.34. The summed E-state index contributed by atoms with van der Waals surface area (Å²) in [7, 11) is 0. The maximum Gasteiger partial charge on any atom is 0.260 e. The van der Waals surface area contributed by atoms with Crippen LogP contribution < -0.4 is 30.8 Å². The lowest BCUT2D eigenvalue weighted by atomic mass is 9.34. The molecule has 1 aromatic heterocycles. The van der Waals surface area contributed by atoms with Crippen molar-refractivity contribution in [2.75, 3.05) is 4.90 Å². The van der Waals surface area contributed by atoms with Crippen LogP contribution in [0.5, 0.6) is 23.0 Å². The van der Waals surface area contributed by atoms with Gasteiger partial charge in [-0.05, 0) is 96.6 Å². The monoisotopic (exact) mass is 555 g/mol. The Morgan fingerprint density at radius 1 is 0.512 bits per heavy atom. The zero-order chi connectivity index (χ0) is 28.7. The summed E-state index contributed by atoms with van der Waals surface area (Å²) in [4.78, 5) is 2.25. The van der Waals surface area contributed by atoms with Gasteiger partial charge in [0.15, 0.2) is 0 Å². The Bertz CT molecular complexity index is 2180. The summed E-state index contributed by atoms with van der Waals surface area (Å²) in [6, 6.07) is 42.1. The molecule has 0 spiro atoms. The van der Waals surface area contributed by atoms with Gasteiger partial charge in [-0.1, -0.05) is 54.6 Å². The molecular formula is C38H26BNO3. The molecule has 0 saturated heterocycles. The molecule has 43 heavy (non-hydrogen) atoms. The van der Waals surface area contributed by atoms with Crippen molar-refractivity contribution < 1.29 is 13.9 Å².